The van der Waals surface area contributed by atoms with Crippen molar-refractivity contribution in [3.05, 3.63) is 70.1 Å². The van der Waals surface area contributed by atoms with E-state index >= 15 is 0 Å². The molecule has 0 saturated carbocycles. The van der Waals surface area contributed by atoms with Gasteiger partial charge in [-0.2, -0.15) is 8.42 Å². The molecule has 0 aliphatic heterocycles. The summed E-state index contributed by atoms with van der Waals surface area (Å²) in [6.45, 7) is 11.6. The van der Waals surface area contributed by atoms with E-state index in [2.05, 4.69) is 10.0 Å². The number of ether oxygens (including phenoxy) is 9. The van der Waals surface area contributed by atoms with Crippen molar-refractivity contribution in [1.82, 2.24) is 0 Å². The summed E-state index contributed by atoms with van der Waals surface area (Å²) < 4.78 is 95.0. The minimum atomic E-state index is -3.71. The predicted octanol–water partition coefficient (Wildman–Crippen LogP) is 4.57. The van der Waals surface area contributed by atoms with E-state index in [9.17, 15) is 16.8 Å². The van der Waals surface area contributed by atoms with Gasteiger partial charge in [0.25, 0.3) is 19.2 Å². The smallest absolute Gasteiger partial charge is 0.297 e. The van der Waals surface area contributed by atoms with Gasteiger partial charge in [-0.15, -0.1) is 0 Å². The average molecular weight is 879 g/mol. The van der Waals surface area contributed by atoms with Crippen LogP contribution in [0.1, 0.15) is 18.6 Å². The van der Waals surface area contributed by atoms with Crippen LogP contribution in [-0.4, -0.2) is 162 Å². The molecule has 57 heavy (non-hydrogen) atoms. The number of azide groups is 1. The van der Waals surface area contributed by atoms with Gasteiger partial charge in [-0.3, -0.25) is 4.18 Å². The molecule has 0 fully saturated rings. The molecular formula is C36H64ClN3O15S2. The molecule has 1 N–H and O–H groups in total. The zero-order valence-electron chi connectivity index (χ0n) is 33.0. The number of methoxy groups -OCH3 is 3. The van der Waals surface area contributed by atoms with Crippen LogP contribution in [0.15, 0.2) is 63.4 Å². The molecule has 332 valence electrons. The highest BCUT2D eigenvalue weighted by atomic mass is 35.7. The molecule has 0 aliphatic rings. The van der Waals surface area contributed by atoms with E-state index in [1.54, 1.807) is 45.6 Å². The number of nitrogens with zero attached hydrogens (tertiary/aromatic N) is 3. The summed E-state index contributed by atoms with van der Waals surface area (Å²) in [5.41, 5.74) is 9.93. The fourth-order valence-corrected chi connectivity index (χ4v) is 4.95. The lowest BCUT2D eigenvalue weighted by Crippen LogP contribution is -2.14. The van der Waals surface area contributed by atoms with E-state index in [4.69, 9.17) is 68.1 Å². The molecule has 0 unspecified atom stereocenters. The van der Waals surface area contributed by atoms with Gasteiger partial charge < -0.3 is 47.7 Å². The molecule has 0 spiro atoms. The van der Waals surface area contributed by atoms with Crippen LogP contribution in [0, 0.1) is 13.8 Å². The van der Waals surface area contributed by atoms with Crippen LogP contribution in [0.3, 0.4) is 0 Å². The van der Waals surface area contributed by atoms with Gasteiger partial charge in [0, 0.05) is 43.5 Å². The van der Waals surface area contributed by atoms with Crippen molar-refractivity contribution in [1.29, 1.82) is 0 Å². The maximum Gasteiger partial charge on any atom is 0.297 e. The lowest BCUT2D eigenvalue weighted by molar-refractivity contribution is 0.0159. The Kier molecular flexibility index (Phi) is 43.0. The average Bonchev–Trinajstić information content (AvgIpc) is 3.17. The molecule has 0 amide bonds. The predicted molar refractivity (Wildman–Crippen MR) is 217 cm³/mol. The number of hydrogen-bond donors (Lipinski definition) is 1. The fraction of sp³-hybridized carbons (Fsp3) is 0.667. The number of hydrogen-bond acceptors (Lipinski definition) is 16. The highest BCUT2D eigenvalue weighted by Gasteiger charge is 2.14. The lowest BCUT2D eigenvalue weighted by Gasteiger charge is -2.07. The van der Waals surface area contributed by atoms with E-state index in [-0.39, 0.29) is 37.0 Å². The molecule has 0 atom stereocenters. The fourth-order valence-electron chi connectivity index (χ4n) is 3.28. The van der Waals surface area contributed by atoms with Gasteiger partial charge in [-0.25, -0.2) is 8.42 Å². The summed E-state index contributed by atoms with van der Waals surface area (Å²) in [5, 5.41) is 11.6. The van der Waals surface area contributed by atoms with E-state index in [0.29, 0.717) is 99.0 Å². The van der Waals surface area contributed by atoms with Crippen LogP contribution in [0.25, 0.3) is 10.4 Å². The number of halogens is 1. The van der Waals surface area contributed by atoms with Crippen LogP contribution >= 0.6 is 10.7 Å². The summed E-state index contributed by atoms with van der Waals surface area (Å²) in [6.07, 6.45) is 0. The summed E-state index contributed by atoms with van der Waals surface area (Å²) in [4.78, 5) is 2.88. The second-order valence-corrected chi connectivity index (χ2v) is 14.9. The van der Waals surface area contributed by atoms with Gasteiger partial charge in [0.2, 0.25) is 0 Å². The van der Waals surface area contributed by atoms with E-state index in [1.807, 2.05) is 13.8 Å². The number of aryl methyl sites for hydroxylation is 2. The highest BCUT2D eigenvalue weighted by molar-refractivity contribution is 8.13. The van der Waals surface area contributed by atoms with Crippen LogP contribution in [-0.2, 0) is 66.0 Å². The van der Waals surface area contributed by atoms with E-state index < -0.39 is 19.2 Å². The van der Waals surface area contributed by atoms with Crippen molar-refractivity contribution in [3.8, 4) is 0 Å². The largest absolute Gasteiger partial charge is 0.394 e. The molecule has 2 aromatic rings. The third-order valence-corrected chi connectivity index (χ3v) is 8.82. The minimum Gasteiger partial charge on any atom is -0.394 e. The van der Waals surface area contributed by atoms with Gasteiger partial charge in [0.15, 0.2) is 0 Å². The first-order chi connectivity index (χ1) is 26.9. The molecule has 0 heterocycles. The first kappa shape index (κ1) is 58.8. The van der Waals surface area contributed by atoms with Gasteiger partial charge in [0.05, 0.1) is 122 Å². The van der Waals surface area contributed by atoms with E-state index in [1.165, 1.54) is 24.3 Å². The third kappa shape index (κ3) is 40.1. The monoisotopic (exact) mass is 877 g/mol. The molecule has 2 rings (SSSR count). The van der Waals surface area contributed by atoms with Crippen LogP contribution in [0.2, 0.25) is 0 Å². The summed E-state index contributed by atoms with van der Waals surface area (Å²) in [5.74, 6) is 0. The van der Waals surface area contributed by atoms with Gasteiger partial charge >= 0.3 is 0 Å². The van der Waals surface area contributed by atoms with Crippen molar-refractivity contribution in [2.75, 3.05) is 140 Å². The molecule has 0 radical (unpaired) electrons. The first-order valence-corrected chi connectivity index (χ1v) is 21.1. The minimum absolute atomic E-state index is 0. The standard InChI is InChI=1S/C14H22O6S.C7H7ClO2S.C7H15N3O3.C7H16O4.CH4/c1-13-3-5-14(6-4-13)21(15,16)20-12-11-19-10-9-18-8-7-17-2;1-6-2-4-7(5-3-6)11(8,9)10;1-11-4-5-13-7-6-12-3-2-9-10-8;1-9-4-5-11-7-6-10-3-2-8;/h3-6H,7-12H2,1-2H3;2-5H,1H3;2-7H2,1H3;8H,2-7H2,1H3;1H4. The summed E-state index contributed by atoms with van der Waals surface area (Å²) in [7, 11) is 2.68. The Morgan fingerprint density at radius 3 is 1.25 bits per heavy atom. The van der Waals surface area contributed by atoms with Crippen LogP contribution < -0.4 is 0 Å². The molecule has 2 aromatic carbocycles. The molecule has 0 saturated heterocycles. The van der Waals surface area contributed by atoms with Crippen LogP contribution in [0.5, 0.6) is 0 Å². The second-order valence-electron chi connectivity index (χ2n) is 10.7. The first-order valence-electron chi connectivity index (χ1n) is 17.4. The third-order valence-electron chi connectivity index (χ3n) is 6.12. The molecule has 0 bridgehead atoms. The maximum atomic E-state index is 11.8. The number of rotatable bonds is 29. The van der Waals surface area contributed by atoms with Crippen molar-refractivity contribution in [3.63, 3.8) is 0 Å². The van der Waals surface area contributed by atoms with Gasteiger partial charge in [-0.05, 0) is 43.6 Å². The Morgan fingerprint density at radius 1 is 0.561 bits per heavy atom. The zero-order chi connectivity index (χ0) is 42.2. The SMILES string of the molecule is C.COCCOCCOCCN=[N+]=[N-].COCCOCCOCCO.COCCOCCOCCOS(=O)(=O)c1ccc(C)cc1.Cc1ccc(S(=O)(=O)Cl)cc1. The second kappa shape index (κ2) is 41.7. The number of aliphatic hydroxyl groups excluding tert-OH is 1. The van der Waals surface area contributed by atoms with Crippen molar-refractivity contribution >= 4 is 29.9 Å². The quantitative estimate of drug-likeness (QED) is 0.0295. The number of benzene rings is 2. The Hall–Kier alpha value is -2.50. The Bertz CT molecular complexity index is 1430. The Labute approximate surface area is 344 Å². The molecule has 0 aliphatic carbocycles. The zero-order valence-corrected chi connectivity index (χ0v) is 35.4. The maximum absolute atomic E-state index is 11.8. The topological polar surface area (TPSA) is 230 Å². The van der Waals surface area contributed by atoms with Gasteiger partial charge in [-0.1, -0.05) is 47.9 Å². The highest BCUT2D eigenvalue weighted by Crippen LogP contribution is 2.15. The van der Waals surface area contributed by atoms with Crippen molar-refractivity contribution in [2.24, 2.45) is 5.11 Å². The Morgan fingerprint density at radius 2 is 0.895 bits per heavy atom. The normalized spacial score (nSPS) is 10.7. The number of aliphatic hydroxyl groups is 1. The molecular weight excluding hydrogens is 814 g/mol. The van der Waals surface area contributed by atoms with Crippen molar-refractivity contribution in [2.45, 2.75) is 31.1 Å². The molecule has 18 nitrogen and oxygen atoms in total. The summed E-state index contributed by atoms with van der Waals surface area (Å²) >= 11 is 0. The lowest BCUT2D eigenvalue weighted by atomic mass is 10.2. The molecule has 0 aromatic heterocycles. The van der Waals surface area contributed by atoms with E-state index in [0.717, 1.165) is 11.1 Å². The summed E-state index contributed by atoms with van der Waals surface area (Å²) in [6, 6.07) is 12.9. The Balaban J connectivity index is -0.000000709. The van der Waals surface area contributed by atoms with Crippen LogP contribution in [0.4, 0.5) is 0 Å². The van der Waals surface area contributed by atoms with Gasteiger partial charge in [0.1, 0.15) is 0 Å². The molecule has 21 heteroatoms. The van der Waals surface area contributed by atoms with Crippen molar-refractivity contribution < 1.29 is 68.8 Å².